The number of aromatic carboxylic acids is 1. The summed E-state index contributed by atoms with van der Waals surface area (Å²) in [6, 6.07) is 4.00. The second kappa shape index (κ2) is 5.74. The van der Waals surface area contributed by atoms with Crippen LogP contribution in [0.3, 0.4) is 0 Å². The molecule has 1 aromatic carbocycles. The van der Waals surface area contributed by atoms with E-state index in [1.165, 1.54) is 18.5 Å². The van der Waals surface area contributed by atoms with E-state index in [2.05, 4.69) is 25.8 Å². The quantitative estimate of drug-likeness (QED) is 0.780. The lowest BCUT2D eigenvalue weighted by Gasteiger charge is -2.08. The number of aromatic nitrogens is 3. The molecule has 0 aliphatic rings. The van der Waals surface area contributed by atoms with E-state index in [1.807, 2.05) is 0 Å². The molecule has 0 saturated carbocycles. The van der Waals surface area contributed by atoms with E-state index in [9.17, 15) is 9.59 Å². The number of hydrogen-bond donors (Lipinski definition) is 3. The molecule has 0 unspecified atom stereocenters. The van der Waals surface area contributed by atoms with Crippen LogP contribution in [0.15, 0.2) is 30.6 Å². The monoisotopic (exact) mass is 273 g/mol. The predicted octanol–water partition coefficient (Wildman–Crippen LogP) is 1.52. The number of anilines is 2. The predicted molar refractivity (Wildman–Crippen MR) is 70.6 cm³/mol. The summed E-state index contributed by atoms with van der Waals surface area (Å²) in [6.45, 7) is 1.68. The Hall–Kier alpha value is -3.03. The summed E-state index contributed by atoms with van der Waals surface area (Å²) in [5, 5.41) is 21.0. The van der Waals surface area contributed by atoms with E-state index in [-0.39, 0.29) is 11.5 Å². The third kappa shape index (κ3) is 3.25. The number of aryl methyl sites for hydroxylation is 1. The highest BCUT2D eigenvalue weighted by Crippen LogP contribution is 2.15. The zero-order valence-corrected chi connectivity index (χ0v) is 10.5. The lowest BCUT2D eigenvalue weighted by molar-refractivity contribution is 0.0696. The zero-order valence-electron chi connectivity index (χ0n) is 10.5. The number of nitrogens with one attached hydrogen (secondary N) is 2. The average molecular weight is 273 g/mol. The van der Waals surface area contributed by atoms with Gasteiger partial charge in [-0.1, -0.05) is 6.07 Å². The molecule has 0 aliphatic carbocycles. The summed E-state index contributed by atoms with van der Waals surface area (Å²) >= 11 is 0. The van der Waals surface area contributed by atoms with Crippen molar-refractivity contribution in [2.45, 2.75) is 6.92 Å². The molecule has 0 spiro atoms. The Balaban J connectivity index is 2.08. The molecule has 0 atom stereocenters. The van der Waals surface area contributed by atoms with Gasteiger partial charge >= 0.3 is 12.0 Å². The van der Waals surface area contributed by atoms with Gasteiger partial charge in [0, 0.05) is 5.69 Å². The molecule has 0 radical (unpaired) electrons. The van der Waals surface area contributed by atoms with Crippen LogP contribution in [0, 0.1) is 6.92 Å². The average Bonchev–Trinajstić information content (AvgIpc) is 2.41. The molecular formula is C12H11N5O3. The highest BCUT2D eigenvalue weighted by atomic mass is 16.4. The molecule has 0 aliphatic heterocycles. The van der Waals surface area contributed by atoms with Gasteiger partial charge in [0.2, 0.25) is 0 Å². The van der Waals surface area contributed by atoms with Crippen molar-refractivity contribution >= 4 is 23.6 Å². The molecule has 0 saturated heterocycles. The van der Waals surface area contributed by atoms with Gasteiger partial charge in [0.25, 0.3) is 5.95 Å². The standard InChI is InChI=1S/C12H11N5O3/c1-7-2-3-8(6-9(7)10(18)19)15-12(20)16-11-13-4-5-14-17-11/h2-6H,1H3,(H,18,19)(H2,13,15,16,17,20). The SMILES string of the molecule is Cc1ccc(NC(=O)Nc2nccnn2)cc1C(=O)O. The Morgan fingerprint density at radius 3 is 2.65 bits per heavy atom. The van der Waals surface area contributed by atoms with Crippen molar-refractivity contribution in [3.05, 3.63) is 41.7 Å². The van der Waals surface area contributed by atoms with E-state index in [4.69, 9.17) is 5.11 Å². The van der Waals surface area contributed by atoms with Gasteiger partial charge in [-0.05, 0) is 24.6 Å². The van der Waals surface area contributed by atoms with Crippen LogP contribution in [0.2, 0.25) is 0 Å². The summed E-state index contributed by atoms with van der Waals surface area (Å²) in [5.74, 6) is -1.00. The zero-order chi connectivity index (χ0) is 14.5. The number of carboxylic acid groups (broad SMARTS) is 1. The lowest BCUT2D eigenvalue weighted by atomic mass is 10.1. The first kappa shape index (κ1) is 13.4. The Bertz CT molecular complexity index is 645. The molecule has 2 amide bonds. The topological polar surface area (TPSA) is 117 Å². The maximum atomic E-state index is 11.7. The highest BCUT2D eigenvalue weighted by Gasteiger charge is 2.10. The number of nitrogens with zero attached hydrogens (tertiary/aromatic N) is 3. The van der Waals surface area contributed by atoms with Crippen LogP contribution < -0.4 is 10.6 Å². The minimum atomic E-state index is -1.05. The number of carboxylic acids is 1. The fraction of sp³-hybridized carbons (Fsp3) is 0.0833. The fourth-order valence-corrected chi connectivity index (χ4v) is 1.50. The van der Waals surface area contributed by atoms with Gasteiger partial charge in [0.05, 0.1) is 18.0 Å². The van der Waals surface area contributed by atoms with Gasteiger partial charge < -0.3 is 10.4 Å². The van der Waals surface area contributed by atoms with E-state index in [1.54, 1.807) is 19.1 Å². The molecule has 0 fully saturated rings. The van der Waals surface area contributed by atoms with Crippen molar-refractivity contribution in [2.24, 2.45) is 0 Å². The molecule has 3 N–H and O–H groups in total. The normalized spacial score (nSPS) is 9.85. The minimum Gasteiger partial charge on any atom is -0.478 e. The number of amides is 2. The van der Waals surface area contributed by atoms with Crippen molar-refractivity contribution in [3.63, 3.8) is 0 Å². The van der Waals surface area contributed by atoms with Crippen molar-refractivity contribution in [1.29, 1.82) is 0 Å². The molecule has 8 heteroatoms. The van der Waals surface area contributed by atoms with Crippen LogP contribution in [0.25, 0.3) is 0 Å². The van der Waals surface area contributed by atoms with Crippen LogP contribution in [0.5, 0.6) is 0 Å². The number of urea groups is 1. The molecule has 2 aromatic rings. The molecule has 20 heavy (non-hydrogen) atoms. The van der Waals surface area contributed by atoms with Crippen molar-refractivity contribution in [2.75, 3.05) is 10.6 Å². The Morgan fingerprint density at radius 1 is 1.20 bits per heavy atom. The summed E-state index contributed by atoms with van der Waals surface area (Å²) in [7, 11) is 0. The number of hydrogen-bond acceptors (Lipinski definition) is 5. The van der Waals surface area contributed by atoms with Crippen LogP contribution in [-0.2, 0) is 0 Å². The van der Waals surface area contributed by atoms with Gasteiger partial charge in [-0.2, -0.15) is 5.10 Å². The fourth-order valence-electron chi connectivity index (χ4n) is 1.50. The van der Waals surface area contributed by atoms with Gasteiger partial charge in [-0.15, -0.1) is 5.10 Å². The van der Waals surface area contributed by atoms with Crippen molar-refractivity contribution < 1.29 is 14.7 Å². The molecule has 1 aromatic heterocycles. The van der Waals surface area contributed by atoms with Gasteiger partial charge in [-0.3, -0.25) is 5.32 Å². The van der Waals surface area contributed by atoms with Crippen molar-refractivity contribution in [3.8, 4) is 0 Å². The second-order valence-corrected chi connectivity index (χ2v) is 3.88. The van der Waals surface area contributed by atoms with Crippen LogP contribution in [0.1, 0.15) is 15.9 Å². The second-order valence-electron chi connectivity index (χ2n) is 3.88. The maximum Gasteiger partial charge on any atom is 0.336 e. The van der Waals surface area contributed by atoms with Crippen LogP contribution in [-0.4, -0.2) is 32.3 Å². The smallest absolute Gasteiger partial charge is 0.336 e. The van der Waals surface area contributed by atoms with E-state index >= 15 is 0 Å². The first-order chi connectivity index (χ1) is 9.56. The Morgan fingerprint density at radius 2 is 2.00 bits per heavy atom. The maximum absolute atomic E-state index is 11.7. The lowest BCUT2D eigenvalue weighted by Crippen LogP contribution is -2.21. The Kier molecular flexibility index (Phi) is 3.85. The summed E-state index contributed by atoms with van der Waals surface area (Å²) < 4.78 is 0. The first-order valence-corrected chi connectivity index (χ1v) is 5.62. The summed E-state index contributed by atoms with van der Waals surface area (Å²) in [6.07, 6.45) is 2.76. The molecule has 0 bridgehead atoms. The van der Waals surface area contributed by atoms with Crippen LogP contribution >= 0.6 is 0 Å². The molecule has 8 nitrogen and oxygen atoms in total. The number of benzene rings is 1. The highest BCUT2D eigenvalue weighted by molar-refractivity contribution is 5.99. The Labute approximate surface area is 113 Å². The number of carbonyl (C=O) groups is 2. The van der Waals surface area contributed by atoms with E-state index in [0.29, 0.717) is 11.3 Å². The molecule has 102 valence electrons. The molecule has 1 heterocycles. The summed E-state index contributed by atoms with van der Waals surface area (Å²) in [5.41, 5.74) is 1.09. The minimum absolute atomic E-state index is 0.0515. The third-order valence-corrected chi connectivity index (χ3v) is 2.43. The first-order valence-electron chi connectivity index (χ1n) is 5.62. The van der Waals surface area contributed by atoms with E-state index in [0.717, 1.165) is 0 Å². The van der Waals surface area contributed by atoms with Crippen LogP contribution in [0.4, 0.5) is 16.4 Å². The summed E-state index contributed by atoms with van der Waals surface area (Å²) in [4.78, 5) is 26.4. The number of rotatable bonds is 3. The molecular weight excluding hydrogens is 262 g/mol. The largest absolute Gasteiger partial charge is 0.478 e. The van der Waals surface area contributed by atoms with Gasteiger partial charge in [0.15, 0.2) is 0 Å². The van der Waals surface area contributed by atoms with Gasteiger partial charge in [0.1, 0.15) is 0 Å². The van der Waals surface area contributed by atoms with Crippen molar-refractivity contribution in [1.82, 2.24) is 15.2 Å². The number of carbonyl (C=O) groups excluding carboxylic acids is 1. The van der Waals surface area contributed by atoms with E-state index < -0.39 is 12.0 Å². The molecule has 2 rings (SSSR count). The third-order valence-electron chi connectivity index (χ3n) is 2.43. The van der Waals surface area contributed by atoms with Gasteiger partial charge in [-0.25, -0.2) is 14.6 Å².